The van der Waals surface area contributed by atoms with Crippen LogP contribution in [0.5, 0.6) is 0 Å². The number of aliphatic hydroxyl groups excluding tert-OH is 1. The summed E-state index contributed by atoms with van der Waals surface area (Å²) in [5, 5.41) is 25.9. The molecule has 1 saturated heterocycles. The van der Waals surface area contributed by atoms with Crippen LogP contribution in [-0.2, 0) is 25.5 Å². The van der Waals surface area contributed by atoms with Crippen LogP contribution in [0, 0.1) is 23.7 Å². The van der Waals surface area contributed by atoms with Crippen molar-refractivity contribution in [3.63, 3.8) is 0 Å². The topological polar surface area (TPSA) is 149 Å². The van der Waals surface area contributed by atoms with E-state index in [4.69, 9.17) is 4.74 Å². The van der Waals surface area contributed by atoms with Gasteiger partial charge in [0.25, 0.3) is 5.91 Å². The van der Waals surface area contributed by atoms with Crippen molar-refractivity contribution >= 4 is 34.9 Å². The van der Waals surface area contributed by atoms with Gasteiger partial charge in [-0.25, -0.2) is 4.98 Å². The fourth-order valence-corrected chi connectivity index (χ4v) is 7.80. The van der Waals surface area contributed by atoms with Gasteiger partial charge in [-0.05, 0) is 56.7 Å². The van der Waals surface area contributed by atoms with E-state index in [1.165, 1.54) is 11.3 Å². The molecule has 2 heterocycles. The number of methoxy groups -OCH3 is 1. The smallest absolute Gasteiger partial charge is 0.306 e. The number of likely N-dealkylation sites (N-methyl/N-ethyl adjacent to an activating group) is 1. The predicted molar refractivity (Wildman–Crippen MR) is 200 cm³/mol. The van der Waals surface area contributed by atoms with Crippen LogP contribution in [0.4, 0.5) is 0 Å². The second-order valence-electron chi connectivity index (χ2n) is 14.6. The molecule has 0 radical (unpaired) electrons. The van der Waals surface area contributed by atoms with Gasteiger partial charge in [-0.3, -0.25) is 24.1 Å². The van der Waals surface area contributed by atoms with E-state index in [-0.39, 0.29) is 60.6 Å². The summed E-state index contributed by atoms with van der Waals surface area (Å²) in [5.74, 6) is -2.55. The standard InChI is InChI=1S/C39H60N4O7S/c1-8-26(4)30(22-34(44)32-16-12-13-17-42(32)6)38(47)43(18-19-50-7)33(25(2)3)23-35(45)37-41-31(24-51-37)36(46)40-29(20-27(5)39(48)49)21-28-14-10-9-11-15-28/h9-11,14-15,24-27,29-30,32-33,35,45H,8,12-13,16-23H2,1-7H3,(H,40,46)(H,48,49). The number of hydrogen-bond donors (Lipinski definition) is 3. The van der Waals surface area contributed by atoms with Gasteiger partial charge in [-0.1, -0.05) is 77.8 Å². The molecule has 11 nitrogen and oxygen atoms in total. The Morgan fingerprint density at radius 3 is 2.41 bits per heavy atom. The van der Waals surface area contributed by atoms with Crippen molar-refractivity contribution < 1.29 is 34.1 Å². The molecule has 0 spiro atoms. The Bertz CT molecular complexity index is 1400. The number of ketones is 1. The molecular weight excluding hydrogens is 669 g/mol. The van der Waals surface area contributed by atoms with Crippen molar-refractivity contribution in [1.29, 1.82) is 0 Å². The second kappa shape index (κ2) is 20.7. The number of Topliss-reactive ketones (excluding diaryl/α,β-unsaturated/α-hetero) is 1. The molecule has 2 aromatic rings. The Morgan fingerprint density at radius 1 is 1.10 bits per heavy atom. The molecule has 0 bridgehead atoms. The summed E-state index contributed by atoms with van der Waals surface area (Å²) in [6, 6.07) is 8.59. The van der Waals surface area contributed by atoms with Gasteiger partial charge in [0, 0.05) is 49.9 Å². The van der Waals surface area contributed by atoms with Crippen LogP contribution in [0.25, 0.3) is 0 Å². The van der Waals surface area contributed by atoms with Crippen LogP contribution in [0.1, 0.15) is 107 Å². The normalized spacial score (nSPS) is 18.7. The number of rotatable bonds is 21. The number of carboxylic acid groups (broad SMARTS) is 1. The zero-order chi connectivity index (χ0) is 37.7. The highest BCUT2D eigenvalue weighted by Crippen LogP contribution is 2.31. The van der Waals surface area contributed by atoms with Gasteiger partial charge in [-0.2, -0.15) is 0 Å². The van der Waals surface area contributed by atoms with E-state index in [1.54, 1.807) is 24.3 Å². The summed E-state index contributed by atoms with van der Waals surface area (Å²) in [5.41, 5.74) is 1.12. The van der Waals surface area contributed by atoms with Crippen LogP contribution in [0.3, 0.4) is 0 Å². The number of carbonyl (C=O) groups excluding carboxylic acids is 3. The van der Waals surface area contributed by atoms with Crippen LogP contribution in [0.15, 0.2) is 35.7 Å². The number of hydrogen-bond acceptors (Lipinski definition) is 9. The summed E-state index contributed by atoms with van der Waals surface area (Å²) in [7, 11) is 3.57. The summed E-state index contributed by atoms with van der Waals surface area (Å²) >= 11 is 1.17. The lowest BCUT2D eigenvalue weighted by Gasteiger charge is -2.39. The molecule has 284 valence electrons. The van der Waals surface area contributed by atoms with Crippen molar-refractivity contribution in [2.75, 3.05) is 33.9 Å². The van der Waals surface area contributed by atoms with E-state index in [0.717, 1.165) is 37.8 Å². The third kappa shape index (κ3) is 12.5. The minimum Gasteiger partial charge on any atom is -0.481 e. The van der Waals surface area contributed by atoms with Crippen molar-refractivity contribution in [1.82, 2.24) is 20.1 Å². The average Bonchev–Trinajstić information content (AvgIpc) is 3.61. The number of amides is 2. The molecule has 7 atom stereocenters. The van der Waals surface area contributed by atoms with Gasteiger partial charge < -0.3 is 25.2 Å². The van der Waals surface area contributed by atoms with Crippen LogP contribution in [-0.4, -0.2) is 101 Å². The number of carbonyl (C=O) groups is 4. The van der Waals surface area contributed by atoms with Crippen molar-refractivity contribution in [3.05, 3.63) is 52.0 Å². The van der Waals surface area contributed by atoms with Crippen molar-refractivity contribution in [2.24, 2.45) is 23.7 Å². The summed E-state index contributed by atoms with van der Waals surface area (Å²) in [6.07, 6.45) is 3.69. The van der Waals surface area contributed by atoms with Gasteiger partial charge in [-0.15, -0.1) is 11.3 Å². The molecular formula is C39H60N4O7S. The van der Waals surface area contributed by atoms with E-state index in [0.29, 0.717) is 24.6 Å². The number of aliphatic hydroxyl groups is 1. The van der Waals surface area contributed by atoms with E-state index < -0.39 is 35.9 Å². The van der Waals surface area contributed by atoms with Gasteiger partial charge in [0.1, 0.15) is 16.8 Å². The second-order valence-corrected chi connectivity index (χ2v) is 15.5. The molecule has 0 saturated carbocycles. The number of benzene rings is 1. The molecule has 2 amide bonds. The van der Waals surface area contributed by atoms with Gasteiger partial charge in [0.15, 0.2) is 5.78 Å². The number of nitrogens with zero attached hydrogens (tertiary/aromatic N) is 3. The highest BCUT2D eigenvalue weighted by atomic mass is 32.1. The summed E-state index contributed by atoms with van der Waals surface area (Å²) in [6.45, 7) is 11.2. The summed E-state index contributed by atoms with van der Waals surface area (Å²) in [4.78, 5) is 61.5. The van der Waals surface area contributed by atoms with Crippen LogP contribution in [0.2, 0.25) is 0 Å². The number of carboxylic acids is 1. The maximum absolute atomic E-state index is 14.5. The number of nitrogens with one attached hydrogen (secondary N) is 1. The zero-order valence-corrected chi connectivity index (χ0v) is 32.4. The Morgan fingerprint density at radius 2 is 1.80 bits per heavy atom. The molecule has 51 heavy (non-hydrogen) atoms. The lowest BCUT2D eigenvalue weighted by molar-refractivity contribution is -0.145. The lowest BCUT2D eigenvalue weighted by atomic mass is 9.82. The quantitative estimate of drug-likeness (QED) is 0.149. The summed E-state index contributed by atoms with van der Waals surface area (Å²) < 4.78 is 5.42. The molecule has 3 rings (SSSR count). The van der Waals surface area contributed by atoms with E-state index in [1.807, 2.05) is 65.1 Å². The first-order valence-electron chi connectivity index (χ1n) is 18.5. The van der Waals surface area contributed by atoms with E-state index >= 15 is 0 Å². The number of thiazole rings is 1. The van der Waals surface area contributed by atoms with Crippen molar-refractivity contribution in [3.8, 4) is 0 Å². The van der Waals surface area contributed by atoms with E-state index in [9.17, 15) is 29.4 Å². The molecule has 1 aromatic carbocycles. The van der Waals surface area contributed by atoms with Crippen LogP contribution < -0.4 is 5.32 Å². The average molecular weight is 729 g/mol. The minimum atomic E-state index is -1.05. The van der Waals surface area contributed by atoms with Crippen LogP contribution >= 0.6 is 11.3 Å². The first-order chi connectivity index (χ1) is 24.3. The highest BCUT2D eigenvalue weighted by Gasteiger charge is 2.38. The SMILES string of the molecule is CCC(C)C(CC(=O)C1CCCCN1C)C(=O)N(CCOC)C(CC(O)c1nc(C(=O)NC(Cc2ccccc2)CC(C)C(=O)O)cs1)C(C)C. The Labute approximate surface area is 308 Å². The molecule has 12 heteroatoms. The maximum Gasteiger partial charge on any atom is 0.306 e. The molecule has 0 aliphatic carbocycles. The molecule has 1 fully saturated rings. The van der Waals surface area contributed by atoms with Gasteiger partial charge in [0.05, 0.1) is 18.6 Å². The fraction of sp³-hybridized carbons (Fsp3) is 0.667. The number of ether oxygens (including phenoxy) is 1. The molecule has 1 aromatic heterocycles. The first-order valence-corrected chi connectivity index (χ1v) is 19.4. The third-order valence-corrected chi connectivity index (χ3v) is 11.4. The number of aliphatic carboxylic acids is 1. The van der Waals surface area contributed by atoms with Gasteiger partial charge in [0.2, 0.25) is 5.91 Å². The highest BCUT2D eigenvalue weighted by molar-refractivity contribution is 7.09. The molecule has 7 unspecified atom stereocenters. The maximum atomic E-state index is 14.5. The minimum absolute atomic E-state index is 0.0117. The Balaban J connectivity index is 1.79. The first kappa shape index (κ1) is 42.2. The lowest BCUT2D eigenvalue weighted by Crippen LogP contribution is -2.50. The largest absolute Gasteiger partial charge is 0.481 e. The Hall–Kier alpha value is -3.19. The zero-order valence-electron chi connectivity index (χ0n) is 31.5. The molecule has 3 N–H and O–H groups in total. The Kier molecular flexibility index (Phi) is 17.2. The van der Waals surface area contributed by atoms with Gasteiger partial charge >= 0.3 is 5.97 Å². The number of aromatic nitrogens is 1. The molecule has 1 aliphatic heterocycles. The van der Waals surface area contributed by atoms with E-state index in [2.05, 4.69) is 15.2 Å². The number of piperidine rings is 1. The third-order valence-electron chi connectivity index (χ3n) is 10.4. The van der Waals surface area contributed by atoms with Crippen molar-refractivity contribution in [2.45, 2.75) is 110 Å². The predicted octanol–water partition coefficient (Wildman–Crippen LogP) is 5.62. The monoisotopic (exact) mass is 728 g/mol. The molecule has 1 aliphatic rings. The number of likely N-dealkylation sites (tertiary alicyclic amines) is 1. The fourth-order valence-electron chi connectivity index (χ4n) is 7.01.